The minimum absolute atomic E-state index is 0.154. The molecule has 0 radical (unpaired) electrons. The van der Waals surface area contributed by atoms with E-state index in [0.717, 1.165) is 12.4 Å². The number of nitrogens with two attached hydrogens (primary N) is 1. The third-order valence-electron chi connectivity index (χ3n) is 0.473. The Morgan fingerprint density at radius 1 is 1.86 bits per heavy atom. The second-order valence-corrected chi connectivity index (χ2v) is 2.47. The number of thioether (sulfide) groups is 1. The molecule has 0 heterocycles. The van der Waals surface area contributed by atoms with Crippen LogP contribution in [0, 0.1) is 0 Å². The lowest BCUT2D eigenvalue weighted by atomic mass is 10.9. The van der Waals surface area contributed by atoms with Crippen LogP contribution in [0.2, 0.25) is 0 Å². The van der Waals surface area contributed by atoms with Crippen LogP contribution in [0.5, 0.6) is 0 Å². The summed E-state index contributed by atoms with van der Waals surface area (Å²) in [6.07, 6.45) is 2.04. The average molecular weight is 139 g/mol. The van der Waals surface area contributed by atoms with E-state index in [-0.39, 0.29) is 8.96 Å². The van der Waals surface area contributed by atoms with Crippen LogP contribution in [0.15, 0.2) is 0 Å². The summed E-state index contributed by atoms with van der Waals surface area (Å²) >= 11 is 1.77. The normalized spacial score (nSPS) is 11.1. The Kier molecular flexibility index (Phi) is 7.37. The first kappa shape index (κ1) is 7.70. The maximum atomic E-state index is 5.07. The Hall–Kier alpha value is 0.700. The van der Waals surface area contributed by atoms with Gasteiger partial charge in [0.1, 0.15) is 0 Å². The van der Waals surface area contributed by atoms with E-state index >= 15 is 0 Å². The topological polar surface area (TPSA) is 35.2 Å². The summed E-state index contributed by atoms with van der Waals surface area (Å²) < 4.78 is 4.86. The highest BCUT2D eigenvalue weighted by molar-refractivity contribution is 7.98. The van der Waals surface area contributed by atoms with Crippen molar-refractivity contribution in [3.63, 3.8) is 0 Å². The van der Waals surface area contributed by atoms with E-state index in [2.05, 4.69) is 0 Å². The van der Waals surface area contributed by atoms with Crippen molar-refractivity contribution in [3.8, 4) is 0 Å². The van der Waals surface area contributed by atoms with Gasteiger partial charge in [-0.1, -0.05) is 0 Å². The van der Waals surface area contributed by atoms with Crippen molar-refractivity contribution in [2.45, 2.75) is 0 Å². The van der Waals surface area contributed by atoms with E-state index < -0.39 is 0 Å². The lowest BCUT2D eigenvalue weighted by Gasteiger charge is -1.94. The molecule has 0 aromatic heterocycles. The molecule has 1 unspecified atom stereocenters. The highest BCUT2D eigenvalue weighted by atomic mass is 32.2. The summed E-state index contributed by atoms with van der Waals surface area (Å²) in [5.74, 6) is 1.05. The van der Waals surface area contributed by atoms with Crippen LogP contribution in [0.25, 0.3) is 0 Å². The lowest BCUT2D eigenvalue weighted by molar-refractivity contribution is 0.394. The third kappa shape index (κ3) is 6.70. The summed E-state index contributed by atoms with van der Waals surface area (Å²) in [4.78, 5) is 0. The molecule has 0 aliphatic rings. The predicted octanol–water partition coefficient (Wildman–Crippen LogP) is 0.833. The van der Waals surface area contributed by atoms with Crippen molar-refractivity contribution < 1.29 is 4.52 Å². The standard InChI is InChI=1S/C3H10NOPS/c1-7-3-2-5-6-4/h6H,2-4H2,1H3. The predicted molar refractivity (Wildman–Crippen MR) is 36.8 cm³/mol. The molecular weight excluding hydrogens is 129 g/mol. The second-order valence-electron chi connectivity index (χ2n) is 0.959. The largest absolute Gasteiger partial charge is 0.346 e. The molecule has 0 amide bonds. The van der Waals surface area contributed by atoms with Crippen LogP contribution in [0.1, 0.15) is 0 Å². The van der Waals surface area contributed by atoms with Crippen LogP contribution in [0.4, 0.5) is 0 Å². The molecule has 0 aromatic rings. The quantitative estimate of drug-likeness (QED) is 0.463. The van der Waals surface area contributed by atoms with Crippen LogP contribution in [-0.4, -0.2) is 18.6 Å². The second kappa shape index (κ2) is 6.70. The van der Waals surface area contributed by atoms with Crippen LogP contribution in [-0.2, 0) is 4.52 Å². The van der Waals surface area contributed by atoms with Gasteiger partial charge in [0.05, 0.1) is 15.6 Å². The average Bonchev–Trinajstić information content (AvgIpc) is 1.69. The molecule has 0 aromatic carbocycles. The van der Waals surface area contributed by atoms with Gasteiger partial charge in [0.2, 0.25) is 0 Å². The zero-order valence-electron chi connectivity index (χ0n) is 4.31. The summed E-state index contributed by atoms with van der Waals surface area (Å²) in [7, 11) is 0.154. The summed E-state index contributed by atoms with van der Waals surface area (Å²) in [6, 6.07) is 0. The fourth-order valence-corrected chi connectivity index (χ4v) is 0.802. The van der Waals surface area contributed by atoms with Crippen LogP contribution < -0.4 is 5.50 Å². The van der Waals surface area contributed by atoms with Gasteiger partial charge < -0.3 is 4.52 Å². The maximum absolute atomic E-state index is 5.07. The Labute approximate surface area is 50.1 Å². The zero-order chi connectivity index (χ0) is 5.54. The molecular formula is C3H10NOPS. The minimum atomic E-state index is 0.154. The van der Waals surface area contributed by atoms with E-state index in [9.17, 15) is 0 Å². The van der Waals surface area contributed by atoms with E-state index in [1.54, 1.807) is 11.8 Å². The number of hydrogen-bond donors (Lipinski definition) is 1. The zero-order valence-corrected chi connectivity index (χ0v) is 6.12. The van der Waals surface area contributed by atoms with Gasteiger partial charge in [-0.15, -0.1) is 0 Å². The van der Waals surface area contributed by atoms with Gasteiger partial charge >= 0.3 is 0 Å². The van der Waals surface area contributed by atoms with Gasteiger partial charge in [-0.25, -0.2) is 0 Å². The molecule has 0 spiro atoms. The summed E-state index contributed by atoms with van der Waals surface area (Å²) in [6.45, 7) is 0.788. The Bertz CT molecular complexity index is 34.1. The summed E-state index contributed by atoms with van der Waals surface area (Å²) in [5.41, 5.74) is 5.07. The first-order valence-electron chi connectivity index (χ1n) is 1.98. The molecule has 2 nitrogen and oxygen atoms in total. The van der Waals surface area contributed by atoms with E-state index in [0.29, 0.717) is 0 Å². The van der Waals surface area contributed by atoms with E-state index in [4.69, 9.17) is 10.0 Å². The van der Waals surface area contributed by atoms with Crippen molar-refractivity contribution in [3.05, 3.63) is 0 Å². The van der Waals surface area contributed by atoms with Gasteiger partial charge in [-0.3, -0.25) is 5.50 Å². The molecule has 7 heavy (non-hydrogen) atoms. The fourth-order valence-electron chi connectivity index (χ4n) is 0.184. The maximum Gasteiger partial charge on any atom is 0.0834 e. The minimum Gasteiger partial charge on any atom is -0.346 e. The molecule has 1 atom stereocenters. The van der Waals surface area contributed by atoms with E-state index in [1.165, 1.54) is 0 Å². The molecule has 0 rings (SSSR count). The molecule has 44 valence electrons. The summed E-state index contributed by atoms with van der Waals surface area (Å²) in [5, 5.41) is 0. The van der Waals surface area contributed by atoms with Gasteiger partial charge in [-0.2, -0.15) is 11.8 Å². The molecule has 0 bridgehead atoms. The van der Waals surface area contributed by atoms with Crippen molar-refractivity contribution >= 4 is 20.7 Å². The molecule has 0 aliphatic heterocycles. The Morgan fingerprint density at radius 2 is 2.57 bits per heavy atom. The van der Waals surface area contributed by atoms with Gasteiger partial charge in [0.15, 0.2) is 0 Å². The van der Waals surface area contributed by atoms with Crippen molar-refractivity contribution in [2.24, 2.45) is 5.50 Å². The first-order valence-corrected chi connectivity index (χ1v) is 4.36. The van der Waals surface area contributed by atoms with Gasteiger partial charge in [-0.05, 0) is 6.26 Å². The third-order valence-corrected chi connectivity index (χ3v) is 1.42. The Morgan fingerprint density at radius 3 is 3.00 bits per heavy atom. The van der Waals surface area contributed by atoms with Crippen LogP contribution >= 0.6 is 20.7 Å². The van der Waals surface area contributed by atoms with Gasteiger partial charge in [0.25, 0.3) is 0 Å². The first-order chi connectivity index (χ1) is 3.41. The molecule has 0 fully saturated rings. The van der Waals surface area contributed by atoms with Crippen molar-refractivity contribution in [1.82, 2.24) is 0 Å². The highest BCUT2D eigenvalue weighted by Crippen LogP contribution is 1.99. The number of hydrogen-bond acceptors (Lipinski definition) is 3. The van der Waals surface area contributed by atoms with Crippen LogP contribution in [0.3, 0.4) is 0 Å². The molecule has 0 saturated heterocycles. The SMILES string of the molecule is CSCCOPN. The molecule has 4 heteroatoms. The molecule has 2 N–H and O–H groups in total. The molecule has 0 saturated carbocycles. The highest BCUT2D eigenvalue weighted by Gasteiger charge is 1.79. The lowest BCUT2D eigenvalue weighted by Crippen LogP contribution is -1.89. The van der Waals surface area contributed by atoms with Gasteiger partial charge in [0, 0.05) is 5.75 Å². The molecule has 0 aliphatic carbocycles. The Balaban J connectivity index is 2.45. The van der Waals surface area contributed by atoms with Crippen molar-refractivity contribution in [2.75, 3.05) is 18.6 Å². The fraction of sp³-hybridized carbons (Fsp3) is 1.00. The monoisotopic (exact) mass is 139 g/mol. The smallest absolute Gasteiger partial charge is 0.0834 e. The number of rotatable bonds is 4. The van der Waals surface area contributed by atoms with Crippen molar-refractivity contribution in [1.29, 1.82) is 0 Å². The van der Waals surface area contributed by atoms with E-state index in [1.807, 2.05) is 6.26 Å².